The van der Waals surface area contributed by atoms with Gasteiger partial charge in [0.25, 0.3) is 0 Å². The molecule has 47 heavy (non-hydrogen) atoms. The van der Waals surface area contributed by atoms with Crippen LogP contribution in [0.25, 0.3) is 76.5 Å². The van der Waals surface area contributed by atoms with Crippen molar-refractivity contribution < 1.29 is 0 Å². The zero-order chi connectivity index (χ0) is 30.7. The predicted octanol–water partition coefficient (Wildman–Crippen LogP) is 12.3. The van der Waals surface area contributed by atoms with E-state index in [0.717, 1.165) is 0 Å². The standard InChI is InChI=1S/C47H28/c1-2-12-30-27-45-41(24-29(30)11-1)42-25-31-21-22-33(40-26-32-13-3-4-14-35(32)36-15-5-6-16-37(36)40)23-34(31)28-46(42)47(45)43-19-9-7-17-38(43)39-18-8-10-20-44(39)47/h1-28H. The third kappa shape index (κ3) is 3.22. The lowest BCUT2D eigenvalue weighted by Gasteiger charge is -2.30. The first-order valence-corrected chi connectivity index (χ1v) is 16.5. The minimum Gasteiger partial charge on any atom is -0.0619 e. The molecule has 0 bridgehead atoms. The summed E-state index contributed by atoms with van der Waals surface area (Å²) in [6, 6.07) is 63.9. The Labute approximate surface area is 273 Å². The number of hydrogen-bond donors (Lipinski definition) is 0. The van der Waals surface area contributed by atoms with Crippen LogP contribution in [-0.2, 0) is 5.41 Å². The van der Waals surface area contributed by atoms with E-state index in [1.54, 1.807) is 0 Å². The van der Waals surface area contributed by atoms with Gasteiger partial charge >= 0.3 is 0 Å². The molecule has 0 unspecified atom stereocenters. The largest absolute Gasteiger partial charge is 0.0725 e. The topological polar surface area (TPSA) is 0 Å². The van der Waals surface area contributed by atoms with Crippen LogP contribution in [-0.4, -0.2) is 0 Å². The Bertz CT molecular complexity index is 2750. The maximum Gasteiger partial charge on any atom is 0.0725 e. The molecule has 9 aromatic rings. The van der Waals surface area contributed by atoms with Crippen molar-refractivity contribution in [1.82, 2.24) is 0 Å². The fourth-order valence-electron chi connectivity index (χ4n) is 9.03. The lowest BCUT2D eigenvalue weighted by molar-refractivity contribution is 0.796. The minimum atomic E-state index is -0.373. The van der Waals surface area contributed by atoms with Crippen LogP contribution in [0.15, 0.2) is 170 Å². The highest BCUT2D eigenvalue weighted by Crippen LogP contribution is 2.63. The summed E-state index contributed by atoms with van der Waals surface area (Å²) in [4.78, 5) is 0. The van der Waals surface area contributed by atoms with E-state index in [4.69, 9.17) is 0 Å². The third-order valence-corrected chi connectivity index (χ3v) is 11.0. The molecule has 0 aliphatic heterocycles. The van der Waals surface area contributed by atoms with Crippen LogP contribution in [0.2, 0.25) is 0 Å². The summed E-state index contributed by atoms with van der Waals surface area (Å²) < 4.78 is 0. The van der Waals surface area contributed by atoms with Crippen LogP contribution in [0, 0.1) is 0 Å². The van der Waals surface area contributed by atoms with Gasteiger partial charge in [0, 0.05) is 0 Å². The molecule has 0 atom stereocenters. The van der Waals surface area contributed by atoms with Crippen molar-refractivity contribution in [1.29, 1.82) is 0 Å². The normalized spacial score (nSPS) is 13.7. The van der Waals surface area contributed by atoms with E-state index < -0.39 is 0 Å². The number of benzene rings is 9. The molecule has 0 saturated carbocycles. The molecule has 0 N–H and O–H groups in total. The van der Waals surface area contributed by atoms with Gasteiger partial charge in [0.15, 0.2) is 0 Å². The maximum atomic E-state index is 2.51. The van der Waals surface area contributed by atoms with Crippen molar-refractivity contribution in [3.05, 3.63) is 192 Å². The highest BCUT2D eigenvalue weighted by molar-refractivity contribution is 6.14. The summed E-state index contributed by atoms with van der Waals surface area (Å²) >= 11 is 0. The van der Waals surface area contributed by atoms with Crippen molar-refractivity contribution in [2.24, 2.45) is 0 Å². The molecule has 9 aromatic carbocycles. The van der Waals surface area contributed by atoms with Crippen LogP contribution in [0.3, 0.4) is 0 Å². The van der Waals surface area contributed by atoms with Crippen LogP contribution >= 0.6 is 0 Å². The second kappa shape index (κ2) is 9.06. The lowest BCUT2D eigenvalue weighted by atomic mass is 9.70. The van der Waals surface area contributed by atoms with E-state index in [0.29, 0.717) is 0 Å². The monoisotopic (exact) mass is 592 g/mol. The van der Waals surface area contributed by atoms with Crippen LogP contribution in [0.5, 0.6) is 0 Å². The molecule has 216 valence electrons. The highest BCUT2D eigenvalue weighted by atomic mass is 14.5. The predicted molar refractivity (Wildman–Crippen MR) is 198 cm³/mol. The van der Waals surface area contributed by atoms with E-state index >= 15 is 0 Å². The van der Waals surface area contributed by atoms with Crippen molar-refractivity contribution in [3.8, 4) is 33.4 Å². The number of rotatable bonds is 1. The molecule has 0 heteroatoms. The molecular weight excluding hydrogens is 565 g/mol. The summed E-state index contributed by atoms with van der Waals surface area (Å²) in [6.07, 6.45) is 0. The highest BCUT2D eigenvalue weighted by Gasteiger charge is 2.51. The van der Waals surface area contributed by atoms with Gasteiger partial charge < -0.3 is 0 Å². The third-order valence-electron chi connectivity index (χ3n) is 11.0. The number of hydrogen-bond acceptors (Lipinski definition) is 0. The average molecular weight is 593 g/mol. The van der Waals surface area contributed by atoms with Gasteiger partial charge in [0.05, 0.1) is 5.41 Å². The SMILES string of the molecule is c1ccc2c(c1)-c1ccccc1C21c2cc3ccccc3cc2-c2cc3ccc(-c4cc5ccccc5c5ccccc45)cc3cc21. The molecular formula is C47H28. The molecule has 0 nitrogen and oxygen atoms in total. The molecule has 0 saturated heterocycles. The van der Waals surface area contributed by atoms with Crippen LogP contribution < -0.4 is 0 Å². The molecule has 1 spiro atoms. The lowest BCUT2D eigenvalue weighted by Crippen LogP contribution is -2.25. The van der Waals surface area contributed by atoms with Crippen molar-refractivity contribution in [3.63, 3.8) is 0 Å². The first-order valence-electron chi connectivity index (χ1n) is 16.5. The van der Waals surface area contributed by atoms with Crippen molar-refractivity contribution in [2.75, 3.05) is 0 Å². The zero-order valence-electron chi connectivity index (χ0n) is 25.7. The Morgan fingerprint density at radius 3 is 1.45 bits per heavy atom. The molecule has 2 aliphatic rings. The van der Waals surface area contributed by atoms with Crippen LogP contribution in [0.4, 0.5) is 0 Å². The van der Waals surface area contributed by atoms with Crippen LogP contribution in [0.1, 0.15) is 22.3 Å². The second-order valence-electron chi connectivity index (χ2n) is 13.2. The Morgan fingerprint density at radius 2 is 0.745 bits per heavy atom. The van der Waals surface area contributed by atoms with Gasteiger partial charge in [-0.15, -0.1) is 0 Å². The summed E-state index contributed by atoms with van der Waals surface area (Å²) in [5.74, 6) is 0. The van der Waals surface area contributed by atoms with Gasteiger partial charge in [-0.3, -0.25) is 0 Å². The average Bonchev–Trinajstić information content (AvgIpc) is 3.58. The van der Waals surface area contributed by atoms with Gasteiger partial charge in [0.1, 0.15) is 0 Å². The smallest absolute Gasteiger partial charge is 0.0619 e. The van der Waals surface area contributed by atoms with Gasteiger partial charge in [-0.2, -0.15) is 0 Å². The van der Waals surface area contributed by atoms with E-state index in [-0.39, 0.29) is 5.41 Å². The molecule has 0 aromatic heterocycles. The first kappa shape index (κ1) is 25.2. The number of fused-ring (bicyclic) bond motifs is 15. The van der Waals surface area contributed by atoms with Crippen molar-refractivity contribution in [2.45, 2.75) is 5.41 Å². The molecule has 0 fully saturated rings. The minimum absolute atomic E-state index is 0.373. The summed E-state index contributed by atoms with van der Waals surface area (Å²) in [6.45, 7) is 0. The van der Waals surface area contributed by atoms with Gasteiger partial charge in [-0.1, -0.05) is 133 Å². The van der Waals surface area contributed by atoms with E-state index in [1.807, 2.05) is 0 Å². The quantitative estimate of drug-likeness (QED) is 0.166. The molecule has 11 rings (SSSR count). The van der Waals surface area contributed by atoms with Gasteiger partial charge in [-0.25, -0.2) is 0 Å². The Balaban J connectivity index is 1.24. The van der Waals surface area contributed by atoms with E-state index in [9.17, 15) is 0 Å². The Kier molecular flexibility index (Phi) is 4.86. The molecule has 0 radical (unpaired) electrons. The van der Waals surface area contributed by atoms with E-state index in [1.165, 1.54) is 98.7 Å². The Morgan fingerprint density at radius 1 is 0.255 bits per heavy atom. The summed E-state index contributed by atoms with van der Waals surface area (Å²) in [5, 5.41) is 10.3. The summed E-state index contributed by atoms with van der Waals surface area (Å²) in [5.41, 5.74) is 13.1. The molecule has 2 aliphatic carbocycles. The van der Waals surface area contributed by atoms with Crippen molar-refractivity contribution >= 4 is 43.1 Å². The fourth-order valence-corrected chi connectivity index (χ4v) is 9.03. The first-order chi connectivity index (χ1) is 23.3. The summed E-state index contributed by atoms with van der Waals surface area (Å²) in [7, 11) is 0. The Hall–Kier alpha value is -5.98. The molecule has 0 heterocycles. The van der Waals surface area contributed by atoms with Gasteiger partial charge in [-0.05, 0) is 135 Å². The van der Waals surface area contributed by atoms with E-state index in [2.05, 4.69) is 170 Å². The maximum absolute atomic E-state index is 2.51. The fraction of sp³-hybridized carbons (Fsp3) is 0.0213. The van der Waals surface area contributed by atoms with Gasteiger partial charge in [0.2, 0.25) is 0 Å². The second-order valence-corrected chi connectivity index (χ2v) is 13.2. The molecule has 0 amide bonds. The zero-order valence-corrected chi connectivity index (χ0v) is 25.7.